The van der Waals surface area contributed by atoms with Crippen molar-refractivity contribution in [1.29, 1.82) is 0 Å². The van der Waals surface area contributed by atoms with Gasteiger partial charge in [0.25, 0.3) is 0 Å². The predicted molar refractivity (Wildman–Crippen MR) is 163 cm³/mol. The van der Waals surface area contributed by atoms with Crippen molar-refractivity contribution in [3.8, 4) is 34.4 Å². The highest BCUT2D eigenvalue weighted by Crippen LogP contribution is 2.34. The largest absolute Gasteiger partial charge is 0.507 e. The van der Waals surface area contributed by atoms with E-state index in [2.05, 4.69) is 41.8 Å². The number of ether oxygens (including phenoxy) is 1. The number of benzene rings is 4. The van der Waals surface area contributed by atoms with E-state index in [-0.39, 0.29) is 11.3 Å². The lowest BCUT2D eigenvalue weighted by atomic mass is 10.1. The van der Waals surface area contributed by atoms with Gasteiger partial charge in [0, 0.05) is 32.2 Å². The first-order chi connectivity index (χ1) is 19.7. The standard InChI is InChI=1S/C16H12BrNO3.C15H10BrNO3/c1-9-11(4-3-5-12(9)17)16-18-13-6-10(8-19)14(20-2)7-15(13)21-16;1-8-10(3-2-4-11(8)16)15-17-12-5-9(7-18)13(19)6-14(12)20-15/h3-8H,1-2H3;2-7,19H,1H3. The Morgan fingerprint density at radius 2 is 1.24 bits per heavy atom. The van der Waals surface area contributed by atoms with Crippen molar-refractivity contribution in [2.24, 2.45) is 0 Å². The number of carbonyl (C=O) groups is 2. The third-order valence-electron chi connectivity index (χ3n) is 6.53. The van der Waals surface area contributed by atoms with E-state index in [0.29, 0.717) is 51.6 Å². The Balaban J connectivity index is 0.000000165. The van der Waals surface area contributed by atoms with Gasteiger partial charge >= 0.3 is 0 Å². The molecule has 0 saturated heterocycles. The van der Waals surface area contributed by atoms with Crippen LogP contribution in [0.4, 0.5) is 0 Å². The quantitative estimate of drug-likeness (QED) is 0.181. The third-order valence-corrected chi connectivity index (χ3v) is 8.25. The van der Waals surface area contributed by atoms with E-state index < -0.39 is 0 Å². The molecule has 2 heterocycles. The Kier molecular flexibility index (Phi) is 8.05. The van der Waals surface area contributed by atoms with E-state index in [0.717, 1.165) is 37.5 Å². The van der Waals surface area contributed by atoms with E-state index in [9.17, 15) is 14.7 Å². The van der Waals surface area contributed by atoms with Crippen molar-refractivity contribution in [3.05, 3.63) is 91.9 Å². The van der Waals surface area contributed by atoms with Crippen molar-refractivity contribution in [3.63, 3.8) is 0 Å². The molecule has 0 amide bonds. The lowest BCUT2D eigenvalue weighted by Crippen LogP contribution is -1.89. The summed E-state index contributed by atoms with van der Waals surface area (Å²) in [5.41, 5.74) is 6.69. The van der Waals surface area contributed by atoms with Crippen molar-refractivity contribution >= 4 is 66.6 Å². The summed E-state index contributed by atoms with van der Waals surface area (Å²) in [6.07, 6.45) is 1.34. The van der Waals surface area contributed by atoms with E-state index in [1.54, 1.807) is 12.1 Å². The summed E-state index contributed by atoms with van der Waals surface area (Å²) >= 11 is 6.96. The maximum atomic E-state index is 11.1. The van der Waals surface area contributed by atoms with Crippen LogP contribution in [0.15, 0.2) is 78.4 Å². The minimum Gasteiger partial charge on any atom is -0.507 e. The van der Waals surface area contributed by atoms with Crippen LogP contribution >= 0.6 is 31.9 Å². The molecule has 0 aliphatic heterocycles. The number of halogens is 2. The topological polar surface area (TPSA) is 116 Å². The number of hydrogen-bond donors (Lipinski definition) is 1. The number of carbonyl (C=O) groups excluding carboxylic acids is 2. The zero-order valence-corrected chi connectivity index (χ0v) is 25.2. The van der Waals surface area contributed by atoms with Gasteiger partial charge in [-0.2, -0.15) is 0 Å². The van der Waals surface area contributed by atoms with Crippen molar-refractivity contribution in [2.45, 2.75) is 13.8 Å². The molecule has 206 valence electrons. The van der Waals surface area contributed by atoms with Crippen molar-refractivity contribution in [1.82, 2.24) is 9.97 Å². The van der Waals surface area contributed by atoms with Crippen LogP contribution in [-0.4, -0.2) is 34.8 Å². The highest BCUT2D eigenvalue weighted by molar-refractivity contribution is 9.10. The number of aldehydes is 2. The van der Waals surface area contributed by atoms with Crippen LogP contribution in [0.3, 0.4) is 0 Å². The van der Waals surface area contributed by atoms with Crippen LogP contribution in [0, 0.1) is 13.8 Å². The lowest BCUT2D eigenvalue weighted by molar-refractivity contribution is 0.111. The Morgan fingerprint density at radius 3 is 1.73 bits per heavy atom. The van der Waals surface area contributed by atoms with Crippen LogP contribution in [0.25, 0.3) is 45.1 Å². The van der Waals surface area contributed by atoms with Crippen LogP contribution < -0.4 is 4.74 Å². The van der Waals surface area contributed by atoms with Gasteiger partial charge in [0.1, 0.15) is 22.5 Å². The summed E-state index contributed by atoms with van der Waals surface area (Å²) in [6, 6.07) is 17.9. The molecule has 0 aliphatic rings. The minimum absolute atomic E-state index is 0.110. The molecule has 4 aromatic carbocycles. The van der Waals surface area contributed by atoms with Gasteiger partial charge in [-0.1, -0.05) is 44.0 Å². The number of aromatic hydroxyl groups is 1. The molecule has 0 spiro atoms. The second-order valence-electron chi connectivity index (χ2n) is 9.04. The molecule has 0 saturated carbocycles. The van der Waals surface area contributed by atoms with Crippen LogP contribution in [0.5, 0.6) is 11.5 Å². The first-order valence-electron chi connectivity index (χ1n) is 12.3. The summed E-state index contributed by atoms with van der Waals surface area (Å²) in [6.45, 7) is 3.95. The third kappa shape index (κ3) is 5.53. The number of phenols is 1. The lowest BCUT2D eigenvalue weighted by Gasteiger charge is -2.02. The van der Waals surface area contributed by atoms with Gasteiger partial charge in [-0.15, -0.1) is 0 Å². The Bertz CT molecular complexity index is 1940. The van der Waals surface area contributed by atoms with Gasteiger partial charge in [0.15, 0.2) is 23.7 Å². The molecule has 0 radical (unpaired) electrons. The Hall–Kier alpha value is -4.28. The molecule has 0 aliphatic carbocycles. The van der Waals surface area contributed by atoms with E-state index in [1.807, 2.05) is 50.2 Å². The fourth-order valence-electron chi connectivity index (χ4n) is 4.22. The zero-order chi connectivity index (χ0) is 29.3. The number of aromatic nitrogens is 2. The Labute approximate surface area is 251 Å². The predicted octanol–water partition coefficient (Wildman–Crippen LogP) is 8.47. The zero-order valence-electron chi connectivity index (χ0n) is 22.1. The number of nitrogens with zero attached hydrogens (tertiary/aromatic N) is 2. The van der Waals surface area contributed by atoms with Gasteiger partial charge in [-0.25, -0.2) is 9.97 Å². The van der Waals surface area contributed by atoms with Crippen molar-refractivity contribution in [2.75, 3.05) is 7.11 Å². The van der Waals surface area contributed by atoms with Crippen LogP contribution in [0.1, 0.15) is 31.8 Å². The maximum Gasteiger partial charge on any atom is 0.227 e. The highest BCUT2D eigenvalue weighted by Gasteiger charge is 2.16. The van der Waals surface area contributed by atoms with E-state index in [1.165, 1.54) is 19.2 Å². The van der Waals surface area contributed by atoms with E-state index >= 15 is 0 Å². The average molecular weight is 678 g/mol. The fraction of sp³-hybridized carbons (Fsp3) is 0.0968. The normalized spacial score (nSPS) is 10.9. The molecule has 1 N–H and O–H groups in total. The monoisotopic (exact) mass is 676 g/mol. The molecule has 8 nitrogen and oxygen atoms in total. The molecule has 6 aromatic rings. The molecule has 10 heteroatoms. The summed E-state index contributed by atoms with van der Waals surface area (Å²) < 4.78 is 18.6. The maximum absolute atomic E-state index is 11.1. The van der Waals surface area contributed by atoms with Gasteiger partial charge in [0.05, 0.1) is 18.2 Å². The minimum atomic E-state index is -0.110. The second-order valence-corrected chi connectivity index (χ2v) is 10.7. The van der Waals surface area contributed by atoms with Crippen molar-refractivity contribution < 1.29 is 28.3 Å². The number of methoxy groups -OCH3 is 1. The van der Waals surface area contributed by atoms with Gasteiger partial charge in [0.2, 0.25) is 11.8 Å². The molecule has 6 rings (SSSR count). The summed E-state index contributed by atoms with van der Waals surface area (Å²) in [5, 5.41) is 9.66. The average Bonchev–Trinajstić information content (AvgIpc) is 3.58. The molecular formula is C31H22Br2N2O6. The summed E-state index contributed by atoms with van der Waals surface area (Å²) in [4.78, 5) is 30.7. The van der Waals surface area contributed by atoms with Gasteiger partial charge in [-0.05, 0) is 61.4 Å². The number of hydrogen-bond acceptors (Lipinski definition) is 8. The van der Waals surface area contributed by atoms with Gasteiger partial charge < -0.3 is 18.7 Å². The molecule has 0 unspecified atom stereocenters. The molecule has 41 heavy (non-hydrogen) atoms. The second kappa shape index (κ2) is 11.7. The first-order valence-corrected chi connectivity index (χ1v) is 13.9. The summed E-state index contributed by atoms with van der Waals surface area (Å²) in [5.74, 6) is 1.35. The number of phenolic OH excluding ortho intramolecular Hbond substituents is 1. The molecule has 0 bridgehead atoms. The number of rotatable bonds is 5. The highest BCUT2D eigenvalue weighted by atomic mass is 79.9. The van der Waals surface area contributed by atoms with E-state index in [4.69, 9.17) is 13.6 Å². The molecule has 0 fully saturated rings. The van der Waals surface area contributed by atoms with Crippen LogP contribution in [-0.2, 0) is 0 Å². The molecular weight excluding hydrogens is 656 g/mol. The smallest absolute Gasteiger partial charge is 0.227 e. The number of oxazole rings is 2. The Morgan fingerprint density at radius 1 is 0.756 bits per heavy atom. The first kappa shape index (κ1) is 28.3. The summed E-state index contributed by atoms with van der Waals surface area (Å²) in [7, 11) is 1.52. The SMILES string of the molecule is COc1cc2oc(-c3cccc(Br)c3C)nc2cc1C=O.Cc1c(Br)cccc1-c1nc2cc(C=O)c(O)cc2o1. The molecule has 0 atom stereocenters. The molecule has 2 aromatic heterocycles. The van der Waals surface area contributed by atoms with Gasteiger partial charge in [-0.3, -0.25) is 9.59 Å². The number of fused-ring (bicyclic) bond motifs is 2. The fourth-order valence-corrected chi connectivity index (χ4v) is 4.96. The van der Waals surface area contributed by atoms with Crippen LogP contribution in [0.2, 0.25) is 0 Å².